The molecule has 3 aromatic rings. The van der Waals surface area contributed by atoms with Crippen LogP contribution in [0, 0.1) is 0 Å². The van der Waals surface area contributed by atoms with Crippen LogP contribution in [0.3, 0.4) is 0 Å². The summed E-state index contributed by atoms with van der Waals surface area (Å²) < 4.78 is 7.22. The van der Waals surface area contributed by atoms with E-state index in [1.165, 1.54) is 5.69 Å². The molecule has 3 N–H and O–H groups in total. The molecular formula is C24H31N5O2. The summed E-state index contributed by atoms with van der Waals surface area (Å²) in [5.41, 5.74) is 12.5. The molecule has 2 aromatic carbocycles. The van der Waals surface area contributed by atoms with E-state index in [1.807, 2.05) is 24.3 Å². The number of fused-ring (bicyclic) bond motifs is 1. The zero-order valence-corrected chi connectivity index (χ0v) is 18.5. The van der Waals surface area contributed by atoms with Crippen LogP contribution in [-0.4, -0.2) is 55.4 Å². The molecule has 0 spiro atoms. The summed E-state index contributed by atoms with van der Waals surface area (Å²) in [6.07, 6.45) is -0.450. The van der Waals surface area contributed by atoms with E-state index in [-0.39, 0.29) is 0 Å². The van der Waals surface area contributed by atoms with Crippen LogP contribution in [0.5, 0.6) is 0 Å². The van der Waals surface area contributed by atoms with Gasteiger partial charge in [0, 0.05) is 55.0 Å². The predicted molar refractivity (Wildman–Crippen MR) is 128 cm³/mol. The van der Waals surface area contributed by atoms with Gasteiger partial charge in [0.25, 0.3) is 0 Å². The van der Waals surface area contributed by atoms with Gasteiger partial charge < -0.3 is 24.8 Å². The fraction of sp³-hybridized carbons (Fsp3) is 0.375. The second kappa shape index (κ2) is 8.89. The Balaban J connectivity index is 1.68. The van der Waals surface area contributed by atoms with Gasteiger partial charge in [-0.25, -0.2) is 4.79 Å². The third-order valence-corrected chi connectivity index (χ3v) is 5.95. The molecule has 2 heterocycles. The van der Waals surface area contributed by atoms with E-state index in [0.29, 0.717) is 12.3 Å². The van der Waals surface area contributed by atoms with Crippen LogP contribution in [0.2, 0.25) is 0 Å². The molecule has 0 saturated carbocycles. The van der Waals surface area contributed by atoms with Gasteiger partial charge in [0.05, 0.1) is 23.5 Å². The Hall–Kier alpha value is -3.19. The first kappa shape index (κ1) is 21.1. The van der Waals surface area contributed by atoms with E-state index in [4.69, 9.17) is 10.5 Å². The minimum absolute atomic E-state index is 0.340. The van der Waals surface area contributed by atoms with Crippen LogP contribution in [0.4, 0.5) is 21.9 Å². The Morgan fingerprint density at radius 3 is 2.42 bits per heavy atom. The lowest BCUT2D eigenvalue weighted by molar-refractivity contribution is 0.168. The largest absolute Gasteiger partial charge is 0.450 e. The Bertz CT molecular complexity index is 1070. The number of piperazine rings is 1. The smallest absolute Gasteiger partial charge is 0.411 e. The normalized spacial score (nSPS) is 14.7. The van der Waals surface area contributed by atoms with Crippen molar-refractivity contribution in [3.8, 4) is 11.3 Å². The molecule has 0 unspecified atom stereocenters. The number of nitrogens with zero attached hydrogens (tertiary/aromatic N) is 3. The molecule has 1 aromatic heterocycles. The molecule has 1 saturated heterocycles. The van der Waals surface area contributed by atoms with Gasteiger partial charge in [-0.1, -0.05) is 12.1 Å². The third kappa shape index (κ3) is 4.18. The Morgan fingerprint density at radius 1 is 1.06 bits per heavy atom. The van der Waals surface area contributed by atoms with E-state index < -0.39 is 6.09 Å². The maximum atomic E-state index is 11.7. The second-order valence-corrected chi connectivity index (χ2v) is 7.92. The number of rotatable bonds is 5. The molecule has 4 rings (SSSR count). The number of nitrogen functional groups attached to an aromatic ring is 1. The summed E-state index contributed by atoms with van der Waals surface area (Å²) in [6, 6.07) is 14.3. The molecule has 0 radical (unpaired) electrons. The van der Waals surface area contributed by atoms with Gasteiger partial charge in [0.2, 0.25) is 0 Å². The van der Waals surface area contributed by atoms with Gasteiger partial charge in [0.1, 0.15) is 0 Å². The number of carbonyl (C=O) groups excluding carboxylic acids is 1. The minimum atomic E-state index is -0.450. The topological polar surface area (TPSA) is 75.8 Å². The summed E-state index contributed by atoms with van der Waals surface area (Å²) in [5, 5.41) is 3.80. The van der Waals surface area contributed by atoms with Crippen LogP contribution in [0.15, 0.2) is 42.5 Å². The number of anilines is 3. The molecule has 0 atom stereocenters. The third-order valence-electron chi connectivity index (χ3n) is 5.95. The van der Waals surface area contributed by atoms with E-state index in [2.05, 4.69) is 51.9 Å². The molecule has 1 aliphatic rings. The highest BCUT2D eigenvalue weighted by Gasteiger charge is 2.19. The number of aromatic nitrogens is 1. The van der Waals surface area contributed by atoms with Crippen LogP contribution in [0.25, 0.3) is 22.2 Å². The summed E-state index contributed by atoms with van der Waals surface area (Å²) >= 11 is 0. The first-order valence-electron chi connectivity index (χ1n) is 10.9. The highest BCUT2D eigenvalue weighted by Crippen LogP contribution is 2.38. The highest BCUT2D eigenvalue weighted by atomic mass is 16.5. The van der Waals surface area contributed by atoms with Crippen molar-refractivity contribution in [3.05, 3.63) is 42.5 Å². The quantitative estimate of drug-likeness (QED) is 0.645. The molecule has 1 aliphatic heterocycles. The highest BCUT2D eigenvalue weighted by molar-refractivity contribution is 6.02. The molecular weight excluding hydrogens is 390 g/mol. The lowest BCUT2D eigenvalue weighted by atomic mass is 10.1. The summed E-state index contributed by atoms with van der Waals surface area (Å²) in [6.45, 7) is 9.30. The lowest BCUT2D eigenvalue weighted by Gasteiger charge is -2.34. The van der Waals surface area contributed by atoms with Gasteiger partial charge in [0.15, 0.2) is 0 Å². The number of aryl methyl sites for hydroxylation is 1. The fourth-order valence-corrected chi connectivity index (χ4v) is 4.26. The van der Waals surface area contributed by atoms with Crippen LogP contribution in [0.1, 0.15) is 13.8 Å². The minimum Gasteiger partial charge on any atom is -0.450 e. The Morgan fingerprint density at radius 2 is 1.77 bits per heavy atom. The van der Waals surface area contributed by atoms with Crippen molar-refractivity contribution in [1.82, 2.24) is 9.47 Å². The number of amides is 1. The van der Waals surface area contributed by atoms with E-state index in [0.717, 1.165) is 60.6 Å². The molecule has 0 bridgehead atoms. The van der Waals surface area contributed by atoms with Crippen LogP contribution < -0.4 is 16.0 Å². The van der Waals surface area contributed by atoms with Gasteiger partial charge in [-0.2, -0.15) is 0 Å². The molecule has 7 nitrogen and oxygen atoms in total. The van der Waals surface area contributed by atoms with Crippen LogP contribution >= 0.6 is 0 Å². The van der Waals surface area contributed by atoms with E-state index in [9.17, 15) is 4.79 Å². The molecule has 1 amide bonds. The van der Waals surface area contributed by atoms with Crippen LogP contribution in [-0.2, 0) is 11.3 Å². The zero-order chi connectivity index (χ0) is 22.0. The number of ether oxygens (including phenoxy) is 1. The van der Waals surface area contributed by atoms with Crippen molar-refractivity contribution in [1.29, 1.82) is 0 Å². The van der Waals surface area contributed by atoms with Gasteiger partial charge in [-0.15, -0.1) is 0 Å². The number of likely N-dealkylation sites (N-methyl/N-ethyl adjacent to an activating group) is 1. The average molecular weight is 422 g/mol. The standard InChI is InChI=1S/C24H31N5O2/c1-4-29-21-16-19(28-14-12-27(3)13-15-28)10-11-20(21)22(25)23(29)17-6-8-18(9-7-17)26-24(30)31-5-2/h6-11,16H,4-5,12-15,25H2,1-3H3,(H,26,30). The van der Waals surface area contributed by atoms with Crippen molar-refractivity contribution in [2.45, 2.75) is 20.4 Å². The van der Waals surface area contributed by atoms with Crippen molar-refractivity contribution < 1.29 is 9.53 Å². The van der Waals surface area contributed by atoms with Gasteiger partial charge in [-0.05, 0) is 51.2 Å². The number of nitrogens with two attached hydrogens (primary N) is 1. The predicted octanol–water partition coefficient (Wildman–Crippen LogP) is 4.23. The number of hydrogen-bond acceptors (Lipinski definition) is 5. The van der Waals surface area contributed by atoms with Gasteiger partial charge >= 0.3 is 6.09 Å². The van der Waals surface area contributed by atoms with Crippen molar-refractivity contribution >= 4 is 34.1 Å². The molecule has 7 heteroatoms. The summed E-state index contributed by atoms with van der Waals surface area (Å²) in [4.78, 5) is 16.5. The number of carbonyl (C=O) groups is 1. The van der Waals surface area contributed by atoms with Crippen molar-refractivity contribution in [2.75, 3.05) is 55.8 Å². The SMILES string of the molecule is CCOC(=O)Nc1ccc(-c2c(N)c3ccc(N4CCN(C)CC4)cc3n2CC)cc1. The van der Waals surface area contributed by atoms with Crippen molar-refractivity contribution in [3.63, 3.8) is 0 Å². The number of nitrogens with one attached hydrogen (secondary N) is 1. The monoisotopic (exact) mass is 421 g/mol. The fourth-order valence-electron chi connectivity index (χ4n) is 4.26. The maximum Gasteiger partial charge on any atom is 0.411 e. The molecule has 164 valence electrons. The second-order valence-electron chi connectivity index (χ2n) is 7.92. The van der Waals surface area contributed by atoms with E-state index in [1.54, 1.807) is 6.92 Å². The first-order valence-corrected chi connectivity index (χ1v) is 10.9. The summed E-state index contributed by atoms with van der Waals surface area (Å²) in [5.74, 6) is 0. The average Bonchev–Trinajstić information content (AvgIpc) is 3.06. The van der Waals surface area contributed by atoms with E-state index >= 15 is 0 Å². The Labute approximate surface area is 183 Å². The summed E-state index contributed by atoms with van der Waals surface area (Å²) in [7, 11) is 2.17. The number of hydrogen-bond donors (Lipinski definition) is 2. The molecule has 1 fully saturated rings. The number of benzene rings is 2. The first-order chi connectivity index (χ1) is 15.0. The van der Waals surface area contributed by atoms with Gasteiger partial charge in [-0.3, -0.25) is 5.32 Å². The molecule has 0 aliphatic carbocycles. The maximum absolute atomic E-state index is 11.7. The zero-order valence-electron chi connectivity index (χ0n) is 18.5. The Kier molecular flexibility index (Phi) is 6.04. The lowest BCUT2D eigenvalue weighted by Crippen LogP contribution is -2.44. The van der Waals surface area contributed by atoms with Crippen molar-refractivity contribution in [2.24, 2.45) is 0 Å². The molecule has 31 heavy (non-hydrogen) atoms.